The van der Waals surface area contributed by atoms with Crippen LogP contribution in [0.15, 0.2) is 71.5 Å². The van der Waals surface area contributed by atoms with Crippen molar-refractivity contribution in [1.29, 1.82) is 0 Å². The number of aryl methyl sites for hydroxylation is 1. The third-order valence-electron chi connectivity index (χ3n) is 4.06. The van der Waals surface area contributed by atoms with Crippen LogP contribution in [0, 0.1) is 0 Å². The number of aromatic nitrogens is 4. The molecule has 27 heavy (non-hydrogen) atoms. The molecule has 0 aliphatic carbocycles. The second-order valence-electron chi connectivity index (χ2n) is 5.75. The molecular weight excluding hydrogens is 376 g/mol. The molecule has 0 saturated heterocycles. The molecule has 4 aromatic rings. The Bertz CT molecular complexity index is 983. The quantitative estimate of drug-likeness (QED) is 0.424. The molecule has 5 nitrogen and oxygen atoms in total. The first-order valence-corrected chi connectivity index (χ1v) is 10.4. The van der Waals surface area contributed by atoms with E-state index in [2.05, 4.69) is 37.3 Å². The minimum atomic E-state index is 0.807. The van der Waals surface area contributed by atoms with Crippen molar-refractivity contribution < 1.29 is 4.74 Å². The van der Waals surface area contributed by atoms with E-state index < -0.39 is 0 Å². The van der Waals surface area contributed by atoms with Gasteiger partial charge in [0.1, 0.15) is 5.75 Å². The molecule has 4 rings (SSSR count). The van der Waals surface area contributed by atoms with Crippen LogP contribution in [-0.2, 0) is 6.42 Å². The maximum Gasteiger partial charge on any atom is 0.196 e. The molecule has 3 heterocycles. The van der Waals surface area contributed by atoms with E-state index in [4.69, 9.17) is 4.74 Å². The van der Waals surface area contributed by atoms with Crippen LogP contribution in [0.5, 0.6) is 5.75 Å². The van der Waals surface area contributed by atoms with Gasteiger partial charge in [-0.25, -0.2) is 0 Å². The van der Waals surface area contributed by atoms with Crippen LogP contribution in [0.3, 0.4) is 0 Å². The highest BCUT2D eigenvalue weighted by Crippen LogP contribution is 2.29. The smallest absolute Gasteiger partial charge is 0.196 e. The Balaban J connectivity index is 1.66. The van der Waals surface area contributed by atoms with Gasteiger partial charge >= 0.3 is 0 Å². The van der Waals surface area contributed by atoms with Gasteiger partial charge in [0.05, 0.1) is 7.11 Å². The van der Waals surface area contributed by atoms with Gasteiger partial charge in [-0.3, -0.25) is 9.55 Å². The standard InChI is InChI=1S/C20H18N4OS2/c1-25-17-6-4-16(5-7-17)24-19(15-8-11-21-12-9-15)22-23-20(24)27-14-10-18-3-2-13-26-18/h2-9,11-13H,10,14H2,1H3. The number of hydrogen-bond acceptors (Lipinski definition) is 6. The summed E-state index contributed by atoms with van der Waals surface area (Å²) in [6.07, 6.45) is 4.56. The largest absolute Gasteiger partial charge is 0.497 e. The Hall–Kier alpha value is -2.64. The van der Waals surface area contributed by atoms with Gasteiger partial charge in [0.2, 0.25) is 0 Å². The van der Waals surface area contributed by atoms with Crippen LogP contribution in [0.2, 0.25) is 0 Å². The molecule has 0 unspecified atom stereocenters. The number of thiophene rings is 1. The first-order valence-electron chi connectivity index (χ1n) is 8.50. The summed E-state index contributed by atoms with van der Waals surface area (Å²) in [6.45, 7) is 0. The van der Waals surface area contributed by atoms with Crippen molar-refractivity contribution in [3.05, 3.63) is 71.2 Å². The fourth-order valence-corrected chi connectivity index (χ4v) is 4.48. The van der Waals surface area contributed by atoms with Gasteiger partial charge in [0.15, 0.2) is 11.0 Å². The lowest BCUT2D eigenvalue weighted by molar-refractivity contribution is 0.414. The number of ether oxygens (including phenoxy) is 1. The van der Waals surface area contributed by atoms with E-state index in [1.807, 2.05) is 36.4 Å². The highest BCUT2D eigenvalue weighted by molar-refractivity contribution is 7.99. The Kier molecular flexibility index (Phi) is 5.50. The third-order valence-corrected chi connectivity index (χ3v) is 5.93. The zero-order valence-electron chi connectivity index (χ0n) is 14.8. The molecule has 0 bridgehead atoms. The maximum absolute atomic E-state index is 5.29. The van der Waals surface area contributed by atoms with Gasteiger partial charge in [0, 0.05) is 34.3 Å². The summed E-state index contributed by atoms with van der Waals surface area (Å²) < 4.78 is 7.38. The van der Waals surface area contributed by atoms with Crippen LogP contribution >= 0.6 is 23.1 Å². The average molecular weight is 395 g/mol. The van der Waals surface area contributed by atoms with Crippen LogP contribution < -0.4 is 4.74 Å². The van der Waals surface area contributed by atoms with Crippen molar-refractivity contribution in [2.24, 2.45) is 0 Å². The maximum atomic E-state index is 5.29. The fourth-order valence-electron chi connectivity index (χ4n) is 2.71. The molecular formula is C20H18N4OS2. The number of rotatable bonds is 7. The SMILES string of the molecule is COc1ccc(-n2c(SCCc3cccs3)nnc2-c2ccncc2)cc1. The summed E-state index contributed by atoms with van der Waals surface area (Å²) in [5.41, 5.74) is 1.99. The van der Waals surface area contributed by atoms with Gasteiger partial charge < -0.3 is 4.74 Å². The lowest BCUT2D eigenvalue weighted by Crippen LogP contribution is -2.00. The first-order chi connectivity index (χ1) is 13.3. The summed E-state index contributed by atoms with van der Waals surface area (Å²) in [5.74, 6) is 2.58. The molecule has 0 N–H and O–H groups in total. The molecule has 3 aromatic heterocycles. The Morgan fingerprint density at radius 3 is 2.56 bits per heavy atom. The Morgan fingerprint density at radius 2 is 1.85 bits per heavy atom. The average Bonchev–Trinajstić information content (AvgIpc) is 3.39. The van der Waals surface area contributed by atoms with E-state index in [0.29, 0.717) is 0 Å². The summed E-state index contributed by atoms with van der Waals surface area (Å²) >= 11 is 3.50. The molecule has 0 aliphatic rings. The topological polar surface area (TPSA) is 52.8 Å². The molecule has 0 saturated carbocycles. The van der Waals surface area contributed by atoms with E-state index in [-0.39, 0.29) is 0 Å². The van der Waals surface area contributed by atoms with E-state index in [1.165, 1.54) is 4.88 Å². The van der Waals surface area contributed by atoms with Crippen LogP contribution in [-0.4, -0.2) is 32.6 Å². The summed E-state index contributed by atoms with van der Waals surface area (Å²) in [6, 6.07) is 16.1. The molecule has 1 aromatic carbocycles. The van der Waals surface area contributed by atoms with Gasteiger partial charge in [0.25, 0.3) is 0 Å². The van der Waals surface area contributed by atoms with Crippen LogP contribution in [0.25, 0.3) is 17.1 Å². The Labute approximate surface area is 166 Å². The monoisotopic (exact) mass is 394 g/mol. The molecule has 0 atom stereocenters. The van der Waals surface area contributed by atoms with Crippen molar-refractivity contribution in [3.8, 4) is 22.8 Å². The number of benzene rings is 1. The molecule has 0 aliphatic heterocycles. The van der Waals surface area contributed by atoms with Gasteiger partial charge in [-0.2, -0.15) is 0 Å². The van der Waals surface area contributed by atoms with E-state index in [9.17, 15) is 0 Å². The van der Waals surface area contributed by atoms with Gasteiger partial charge in [-0.05, 0) is 54.3 Å². The van der Waals surface area contributed by atoms with Crippen molar-refractivity contribution >= 4 is 23.1 Å². The van der Waals surface area contributed by atoms with Crippen molar-refractivity contribution in [1.82, 2.24) is 19.7 Å². The van der Waals surface area contributed by atoms with Crippen molar-refractivity contribution in [2.45, 2.75) is 11.6 Å². The molecule has 0 fully saturated rings. The predicted molar refractivity (Wildman–Crippen MR) is 110 cm³/mol. The van der Waals surface area contributed by atoms with Gasteiger partial charge in [-0.1, -0.05) is 17.8 Å². The normalized spacial score (nSPS) is 10.9. The zero-order chi connectivity index (χ0) is 18.5. The first kappa shape index (κ1) is 17.8. The minimum absolute atomic E-state index is 0.807. The predicted octanol–water partition coefficient (Wildman–Crippen LogP) is 4.73. The fraction of sp³-hybridized carbons (Fsp3) is 0.150. The number of hydrogen-bond donors (Lipinski definition) is 0. The van der Waals surface area contributed by atoms with E-state index in [1.54, 1.807) is 42.6 Å². The highest BCUT2D eigenvalue weighted by Gasteiger charge is 2.16. The number of pyridine rings is 1. The summed E-state index contributed by atoms with van der Waals surface area (Å²) in [4.78, 5) is 5.48. The number of thioether (sulfide) groups is 1. The second kappa shape index (κ2) is 8.37. The van der Waals surface area contributed by atoms with Gasteiger partial charge in [-0.15, -0.1) is 21.5 Å². The lowest BCUT2D eigenvalue weighted by atomic mass is 10.2. The van der Waals surface area contributed by atoms with Crippen LogP contribution in [0.1, 0.15) is 4.88 Å². The molecule has 0 radical (unpaired) electrons. The third kappa shape index (κ3) is 4.04. The molecule has 0 spiro atoms. The summed E-state index contributed by atoms with van der Waals surface area (Å²) in [7, 11) is 1.67. The zero-order valence-corrected chi connectivity index (χ0v) is 16.4. The van der Waals surface area contributed by atoms with Crippen LogP contribution in [0.4, 0.5) is 0 Å². The molecule has 136 valence electrons. The van der Waals surface area contributed by atoms with E-state index in [0.717, 1.165) is 40.2 Å². The number of nitrogens with zero attached hydrogens (tertiary/aromatic N) is 4. The van der Waals surface area contributed by atoms with Crippen molar-refractivity contribution in [3.63, 3.8) is 0 Å². The highest BCUT2D eigenvalue weighted by atomic mass is 32.2. The van der Waals surface area contributed by atoms with Crippen molar-refractivity contribution in [2.75, 3.05) is 12.9 Å². The minimum Gasteiger partial charge on any atom is -0.497 e. The summed E-state index contributed by atoms with van der Waals surface area (Å²) in [5, 5.41) is 11.9. The number of methoxy groups -OCH3 is 1. The lowest BCUT2D eigenvalue weighted by Gasteiger charge is -2.11. The second-order valence-corrected chi connectivity index (χ2v) is 7.85. The molecule has 0 amide bonds. The Morgan fingerprint density at radius 1 is 1.04 bits per heavy atom. The molecule has 7 heteroatoms. The van der Waals surface area contributed by atoms with E-state index >= 15 is 0 Å².